The Hall–Kier alpha value is -0.615. The Morgan fingerprint density at radius 3 is 2.35 bits per heavy atom. The minimum absolute atomic E-state index is 0.0508. The molecule has 0 amide bonds. The van der Waals surface area contributed by atoms with E-state index in [1.54, 1.807) is 6.20 Å². The Morgan fingerprint density at radius 2 is 1.85 bits per heavy atom. The van der Waals surface area contributed by atoms with Crippen molar-refractivity contribution in [3.05, 3.63) is 23.0 Å². The molecular formula is C14H22BClN2O2. The number of nitrogens with zero attached hydrogens (tertiary/aromatic N) is 1. The van der Waals surface area contributed by atoms with Crippen LogP contribution in [0.25, 0.3) is 0 Å². The summed E-state index contributed by atoms with van der Waals surface area (Å²) in [5.74, 6) is 0. The average Bonchev–Trinajstić information content (AvgIpc) is 2.50. The predicted octanol–water partition coefficient (Wildman–Crippen LogP) is 1.92. The molecule has 110 valence electrons. The average molecular weight is 297 g/mol. The SMILES string of the molecule is CC(N)Cc1cc(B2OC(C)(C)C(C)(C)O2)c(Cl)cn1. The monoisotopic (exact) mass is 296 g/mol. The van der Waals surface area contributed by atoms with Crippen molar-refractivity contribution in [1.82, 2.24) is 4.98 Å². The van der Waals surface area contributed by atoms with E-state index in [2.05, 4.69) is 4.98 Å². The third-order valence-electron chi connectivity index (χ3n) is 3.98. The van der Waals surface area contributed by atoms with Gasteiger partial charge in [-0.1, -0.05) is 11.6 Å². The zero-order chi connectivity index (χ0) is 15.1. The van der Waals surface area contributed by atoms with Crippen molar-refractivity contribution < 1.29 is 9.31 Å². The minimum Gasteiger partial charge on any atom is -0.399 e. The molecule has 1 fully saturated rings. The number of halogens is 1. The minimum atomic E-state index is -0.470. The molecule has 0 spiro atoms. The zero-order valence-corrected chi connectivity index (χ0v) is 13.5. The highest BCUT2D eigenvalue weighted by atomic mass is 35.5. The van der Waals surface area contributed by atoms with Crippen LogP contribution in [0, 0.1) is 0 Å². The second-order valence-corrected chi connectivity index (χ2v) is 6.87. The number of pyridine rings is 1. The first kappa shape index (κ1) is 15.8. The largest absolute Gasteiger partial charge is 0.496 e. The van der Waals surface area contributed by atoms with Crippen LogP contribution in [0.2, 0.25) is 5.02 Å². The lowest BCUT2D eigenvalue weighted by Crippen LogP contribution is -2.41. The third-order valence-corrected chi connectivity index (χ3v) is 4.30. The summed E-state index contributed by atoms with van der Waals surface area (Å²) < 4.78 is 12.1. The van der Waals surface area contributed by atoms with E-state index in [-0.39, 0.29) is 17.2 Å². The fraction of sp³-hybridized carbons (Fsp3) is 0.643. The van der Waals surface area contributed by atoms with Crippen molar-refractivity contribution in [3.63, 3.8) is 0 Å². The van der Waals surface area contributed by atoms with Gasteiger partial charge < -0.3 is 15.0 Å². The molecular weight excluding hydrogens is 274 g/mol. The van der Waals surface area contributed by atoms with Crippen molar-refractivity contribution >= 4 is 24.2 Å². The molecule has 1 aromatic heterocycles. The highest BCUT2D eigenvalue weighted by molar-refractivity contribution is 6.65. The molecule has 0 bridgehead atoms. The molecule has 0 radical (unpaired) electrons. The van der Waals surface area contributed by atoms with E-state index < -0.39 is 7.12 Å². The van der Waals surface area contributed by atoms with Crippen molar-refractivity contribution in [1.29, 1.82) is 0 Å². The molecule has 1 aliphatic rings. The molecule has 2 rings (SSSR count). The molecule has 0 aromatic carbocycles. The van der Waals surface area contributed by atoms with Crippen molar-refractivity contribution in [2.45, 2.75) is 58.3 Å². The highest BCUT2D eigenvalue weighted by Crippen LogP contribution is 2.36. The van der Waals surface area contributed by atoms with Gasteiger partial charge in [0.05, 0.1) is 16.2 Å². The lowest BCUT2D eigenvalue weighted by atomic mass is 9.79. The molecule has 1 aliphatic heterocycles. The van der Waals surface area contributed by atoms with E-state index in [9.17, 15) is 0 Å². The van der Waals surface area contributed by atoms with Crippen LogP contribution >= 0.6 is 11.6 Å². The van der Waals surface area contributed by atoms with Crippen LogP contribution in [-0.4, -0.2) is 29.3 Å². The van der Waals surface area contributed by atoms with E-state index in [0.717, 1.165) is 11.2 Å². The van der Waals surface area contributed by atoms with E-state index >= 15 is 0 Å². The van der Waals surface area contributed by atoms with E-state index in [1.807, 2.05) is 40.7 Å². The van der Waals surface area contributed by atoms with Crippen LogP contribution in [0.5, 0.6) is 0 Å². The molecule has 20 heavy (non-hydrogen) atoms. The quantitative estimate of drug-likeness (QED) is 0.866. The fourth-order valence-electron chi connectivity index (χ4n) is 2.09. The van der Waals surface area contributed by atoms with Gasteiger partial charge in [0.25, 0.3) is 0 Å². The van der Waals surface area contributed by atoms with Gasteiger partial charge in [0, 0.05) is 29.8 Å². The van der Waals surface area contributed by atoms with Gasteiger partial charge >= 0.3 is 7.12 Å². The van der Waals surface area contributed by atoms with Crippen LogP contribution in [0.3, 0.4) is 0 Å². The molecule has 2 heterocycles. The van der Waals surface area contributed by atoms with Gasteiger partial charge in [-0.25, -0.2) is 0 Å². The molecule has 2 N–H and O–H groups in total. The number of nitrogens with two attached hydrogens (primary N) is 1. The summed E-state index contributed by atoms with van der Waals surface area (Å²) >= 11 is 6.25. The van der Waals surface area contributed by atoms with Crippen LogP contribution in [0.1, 0.15) is 40.3 Å². The summed E-state index contributed by atoms with van der Waals surface area (Å²) in [5.41, 5.74) is 6.76. The molecule has 1 atom stereocenters. The third kappa shape index (κ3) is 3.01. The number of hydrogen-bond donors (Lipinski definition) is 1. The van der Waals surface area contributed by atoms with Crippen LogP contribution in [-0.2, 0) is 15.7 Å². The van der Waals surface area contributed by atoms with E-state index in [0.29, 0.717) is 11.4 Å². The lowest BCUT2D eigenvalue weighted by Gasteiger charge is -2.32. The van der Waals surface area contributed by atoms with Gasteiger partial charge in [0.15, 0.2) is 0 Å². The Bertz CT molecular complexity index is 490. The first-order chi connectivity index (χ1) is 9.12. The first-order valence-corrected chi connectivity index (χ1v) is 7.26. The number of hydrogen-bond acceptors (Lipinski definition) is 4. The summed E-state index contributed by atoms with van der Waals surface area (Å²) in [6.07, 6.45) is 2.34. The molecule has 4 nitrogen and oxygen atoms in total. The second kappa shape index (κ2) is 5.30. The van der Waals surface area contributed by atoms with Crippen molar-refractivity contribution in [3.8, 4) is 0 Å². The topological polar surface area (TPSA) is 57.4 Å². The Kier molecular flexibility index (Phi) is 4.18. The van der Waals surface area contributed by atoms with Gasteiger partial charge in [-0.15, -0.1) is 0 Å². The lowest BCUT2D eigenvalue weighted by molar-refractivity contribution is 0.00578. The number of rotatable bonds is 3. The summed E-state index contributed by atoms with van der Waals surface area (Å²) in [6, 6.07) is 1.98. The molecule has 1 unspecified atom stereocenters. The molecule has 0 aliphatic carbocycles. The Morgan fingerprint density at radius 1 is 1.30 bits per heavy atom. The molecule has 0 saturated carbocycles. The van der Waals surface area contributed by atoms with Gasteiger partial charge in [-0.3, -0.25) is 4.98 Å². The van der Waals surface area contributed by atoms with Gasteiger partial charge in [0.1, 0.15) is 0 Å². The maximum absolute atomic E-state index is 6.25. The maximum atomic E-state index is 6.25. The summed E-state index contributed by atoms with van der Waals surface area (Å²) in [4.78, 5) is 4.30. The highest BCUT2D eigenvalue weighted by Gasteiger charge is 2.52. The Labute approximate surface area is 126 Å². The smallest absolute Gasteiger partial charge is 0.399 e. The molecule has 6 heteroatoms. The molecule has 1 saturated heterocycles. The second-order valence-electron chi connectivity index (χ2n) is 6.47. The number of aromatic nitrogens is 1. The van der Waals surface area contributed by atoms with Gasteiger partial charge in [-0.05, 0) is 40.7 Å². The first-order valence-electron chi connectivity index (χ1n) is 6.88. The van der Waals surface area contributed by atoms with Gasteiger partial charge in [-0.2, -0.15) is 0 Å². The van der Waals surface area contributed by atoms with Crippen LogP contribution in [0.4, 0.5) is 0 Å². The summed E-state index contributed by atoms with van der Waals surface area (Å²) in [6.45, 7) is 10.0. The summed E-state index contributed by atoms with van der Waals surface area (Å²) in [5, 5.41) is 0.553. The van der Waals surface area contributed by atoms with Crippen molar-refractivity contribution in [2.75, 3.05) is 0 Å². The molecule has 1 aromatic rings. The van der Waals surface area contributed by atoms with Crippen LogP contribution < -0.4 is 11.2 Å². The zero-order valence-electron chi connectivity index (χ0n) is 12.7. The van der Waals surface area contributed by atoms with E-state index in [1.165, 1.54) is 0 Å². The summed E-state index contributed by atoms with van der Waals surface area (Å²) in [7, 11) is -0.470. The maximum Gasteiger partial charge on any atom is 0.496 e. The van der Waals surface area contributed by atoms with Crippen molar-refractivity contribution in [2.24, 2.45) is 5.73 Å². The van der Waals surface area contributed by atoms with Crippen LogP contribution in [0.15, 0.2) is 12.3 Å². The Balaban J connectivity index is 2.30. The standard InChI is InChI=1S/C14H22BClN2O2/c1-9(17)6-10-7-11(12(16)8-18-10)15-19-13(2,3)14(4,5)20-15/h7-9H,6,17H2,1-5H3. The normalized spacial score (nSPS) is 22.1. The predicted molar refractivity (Wildman–Crippen MR) is 82.3 cm³/mol. The fourth-order valence-corrected chi connectivity index (χ4v) is 2.28. The van der Waals surface area contributed by atoms with E-state index in [4.69, 9.17) is 26.6 Å². The van der Waals surface area contributed by atoms with Gasteiger partial charge in [0.2, 0.25) is 0 Å².